The molecule has 2 nitrogen and oxygen atoms in total. The minimum atomic E-state index is 0.327. The summed E-state index contributed by atoms with van der Waals surface area (Å²) in [5.41, 5.74) is 16.7. The first-order valence-corrected chi connectivity index (χ1v) is 4.80. The van der Waals surface area contributed by atoms with E-state index >= 15 is 0 Å². The van der Waals surface area contributed by atoms with E-state index in [2.05, 4.69) is 19.1 Å². The smallest absolute Gasteiger partial charge is 0.0319 e. The Balaban J connectivity index is 2.47. The number of hydrogen-bond donors (Lipinski definition) is 2. The lowest BCUT2D eigenvalue weighted by Crippen LogP contribution is -2.28. The number of fused-ring (bicyclic) bond motifs is 1. The molecule has 0 amide bonds. The van der Waals surface area contributed by atoms with E-state index in [1.165, 1.54) is 16.7 Å². The quantitative estimate of drug-likeness (QED) is 0.587. The van der Waals surface area contributed by atoms with Gasteiger partial charge in [0.25, 0.3) is 0 Å². The molecule has 0 fully saturated rings. The summed E-state index contributed by atoms with van der Waals surface area (Å²) in [7, 11) is 0. The zero-order valence-electron chi connectivity index (χ0n) is 8.01. The first-order valence-electron chi connectivity index (χ1n) is 4.80. The summed E-state index contributed by atoms with van der Waals surface area (Å²) in [6.45, 7) is 2.13. The maximum absolute atomic E-state index is 5.91. The molecule has 0 saturated heterocycles. The predicted molar refractivity (Wildman–Crippen MR) is 55.6 cm³/mol. The molecule has 13 heavy (non-hydrogen) atoms. The summed E-state index contributed by atoms with van der Waals surface area (Å²) in [6, 6.07) is 4.45. The zero-order valence-corrected chi connectivity index (χ0v) is 8.01. The number of nitrogen functional groups attached to an aromatic ring is 1. The predicted octanol–water partition coefficient (Wildman–Crippen LogP) is 1.39. The Labute approximate surface area is 78.9 Å². The standard InChI is InChI=1S/C11H16N2/c1-7-4-10(13)6-8-5-9(12)2-3-11(7)8/h4,6,9H,2-3,5,12-13H2,1H3. The van der Waals surface area contributed by atoms with Crippen molar-refractivity contribution in [1.82, 2.24) is 0 Å². The number of rotatable bonds is 0. The molecule has 1 unspecified atom stereocenters. The van der Waals surface area contributed by atoms with E-state index in [9.17, 15) is 0 Å². The third-order valence-corrected chi connectivity index (χ3v) is 2.83. The van der Waals surface area contributed by atoms with Crippen molar-refractivity contribution in [1.29, 1.82) is 0 Å². The second-order valence-electron chi connectivity index (χ2n) is 3.98. The van der Waals surface area contributed by atoms with Crippen molar-refractivity contribution in [3.8, 4) is 0 Å². The molecular weight excluding hydrogens is 160 g/mol. The number of aryl methyl sites for hydroxylation is 1. The summed E-state index contributed by atoms with van der Waals surface area (Å²) in [5.74, 6) is 0. The summed E-state index contributed by atoms with van der Waals surface area (Å²) in [5, 5.41) is 0. The Morgan fingerprint density at radius 3 is 2.92 bits per heavy atom. The van der Waals surface area contributed by atoms with E-state index in [0.717, 1.165) is 24.9 Å². The van der Waals surface area contributed by atoms with Crippen molar-refractivity contribution in [2.24, 2.45) is 5.73 Å². The lowest BCUT2D eigenvalue weighted by molar-refractivity contribution is 0.575. The van der Waals surface area contributed by atoms with Crippen LogP contribution in [-0.2, 0) is 12.8 Å². The number of nitrogens with two attached hydrogens (primary N) is 2. The van der Waals surface area contributed by atoms with E-state index in [1.807, 2.05) is 0 Å². The molecule has 0 saturated carbocycles. The molecule has 1 aromatic rings. The van der Waals surface area contributed by atoms with Crippen LogP contribution < -0.4 is 11.5 Å². The van der Waals surface area contributed by atoms with E-state index in [1.54, 1.807) is 0 Å². The molecule has 1 atom stereocenters. The average Bonchev–Trinajstić information content (AvgIpc) is 2.02. The van der Waals surface area contributed by atoms with Gasteiger partial charge in [0, 0.05) is 11.7 Å². The van der Waals surface area contributed by atoms with E-state index in [0.29, 0.717) is 6.04 Å². The van der Waals surface area contributed by atoms with Crippen LogP contribution in [0.15, 0.2) is 12.1 Å². The molecule has 0 spiro atoms. The number of hydrogen-bond acceptors (Lipinski definition) is 2. The van der Waals surface area contributed by atoms with Crippen molar-refractivity contribution in [3.05, 3.63) is 28.8 Å². The monoisotopic (exact) mass is 176 g/mol. The molecule has 0 heterocycles. The van der Waals surface area contributed by atoms with Gasteiger partial charge in [-0.25, -0.2) is 0 Å². The topological polar surface area (TPSA) is 52.0 Å². The van der Waals surface area contributed by atoms with Gasteiger partial charge < -0.3 is 11.5 Å². The molecule has 0 aromatic heterocycles. The fraction of sp³-hybridized carbons (Fsp3) is 0.455. The fourth-order valence-electron chi connectivity index (χ4n) is 2.17. The van der Waals surface area contributed by atoms with Gasteiger partial charge in [0.15, 0.2) is 0 Å². The van der Waals surface area contributed by atoms with Gasteiger partial charge in [-0.05, 0) is 55.0 Å². The Morgan fingerprint density at radius 1 is 1.38 bits per heavy atom. The Hall–Kier alpha value is -1.02. The van der Waals surface area contributed by atoms with Crippen LogP contribution in [0.5, 0.6) is 0 Å². The van der Waals surface area contributed by atoms with Gasteiger partial charge in [0.2, 0.25) is 0 Å². The van der Waals surface area contributed by atoms with Crippen molar-refractivity contribution >= 4 is 5.69 Å². The highest BCUT2D eigenvalue weighted by molar-refractivity contribution is 5.50. The molecular formula is C11H16N2. The van der Waals surface area contributed by atoms with Crippen molar-refractivity contribution in [2.45, 2.75) is 32.2 Å². The van der Waals surface area contributed by atoms with Crippen molar-refractivity contribution in [3.63, 3.8) is 0 Å². The maximum Gasteiger partial charge on any atom is 0.0319 e. The second kappa shape index (κ2) is 3.04. The lowest BCUT2D eigenvalue weighted by Gasteiger charge is -2.23. The SMILES string of the molecule is Cc1cc(N)cc2c1CCC(N)C2. The van der Waals surface area contributed by atoms with Crippen LogP contribution in [-0.4, -0.2) is 6.04 Å². The highest BCUT2D eigenvalue weighted by Gasteiger charge is 2.16. The van der Waals surface area contributed by atoms with Crippen LogP contribution in [0.25, 0.3) is 0 Å². The molecule has 0 radical (unpaired) electrons. The average molecular weight is 176 g/mol. The third-order valence-electron chi connectivity index (χ3n) is 2.83. The number of benzene rings is 1. The number of anilines is 1. The second-order valence-corrected chi connectivity index (χ2v) is 3.98. The Kier molecular flexibility index (Phi) is 2.00. The highest BCUT2D eigenvalue weighted by Crippen LogP contribution is 2.26. The van der Waals surface area contributed by atoms with Crippen molar-refractivity contribution < 1.29 is 0 Å². The maximum atomic E-state index is 5.91. The summed E-state index contributed by atoms with van der Waals surface area (Å²) < 4.78 is 0. The van der Waals surface area contributed by atoms with Crippen LogP contribution in [0.4, 0.5) is 5.69 Å². The minimum absolute atomic E-state index is 0.327. The van der Waals surface area contributed by atoms with Gasteiger partial charge in [-0.3, -0.25) is 0 Å². The first kappa shape index (κ1) is 8.57. The fourth-order valence-corrected chi connectivity index (χ4v) is 2.17. The van der Waals surface area contributed by atoms with E-state index in [4.69, 9.17) is 11.5 Å². The molecule has 0 aliphatic heterocycles. The first-order chi connectivity index (χ1) is 6.16. The lowest BCUT2D eigenvalue weighted by atomic mass is 9.86. The summed E-state index contributed by atoms with van der Waals surface area (Å²) in [6.07, 6.45) is 3.21. The van der Waals surface area contributed by atoms with E-state index in [-0.39, 0.29) is 0 Å². The zero-order chi connectivity index (χ0) is 9.42. The van der Waals surface area contributed by atoms with Crippen LogP contribution in [0, 0.1) is 6.92 Å². The van der Waals surface area contributed by atoms with Crippen LogP contribution in [0.1, 0.15) is 23.1 Å². The van der Waals surface area contributed by atoms with Crippen molar-refractivity contribution in [2.75, 3.05) is 5.73 Å². The molecule has 2 rings (SSSR count). The van der Waals surface area contributed by atoms with E-state index < -0.39 is 0 Å². The third kappa shape index (κ3) is 1.54. The summed E-state index contributed by atoms with van der Waals surface area (Å²) >= 11 is 0. The van der Waals surface area contributed by atoms with Gasteiger partial charge in [0.05, 0.1) is 0 Å². The van der Waals surface area contributed by atoms with Gasteiger partial charge in [-0.1, -0.05) is 0 Å². The van der Waals surface area contributed by atoms with Gasteiger partial charge in [-0.2, -0.15) is 0 Å². The van der Waals surface area contributed by atoms with Gasteiger partial charge in [0.1, 0.15) is 0 Å². The molecule has 1 aromatic carbocycles. The highest BCUT2D eigenvalue weighted by atomic mass is 14.6. The molecule has 4 N–H and O–H groups in total. The van der Waals surface area contributed by atoms with Crippen LogP contribution in [0.2, 0.25) is 0 Å². The molecule has 2 heteroatoms. The van der Waals surface area contributed by atoms with Crippen LogP contribution >= 0.6 is 0 Å². The Morgan fingerprint density at radius 2 is 2.15 bits per heavy atom. The van der Waals surface area contributed by atoms with Gasteiger partial charge in [-0.15, -0.1) is 0 Å². The molecule has 0 bridgehead atoms. The normalized spacial score (nSPS) is 21.2. The Bertz CT molecular complexity index is 331. The van der Waals surface area contributed by atoms with Gasteiger partial charge >= 0.3 is 0 Å². The molecule has 1 aliphatic rings. The molecule has 1 aliphatic carbocycles. The molecule has 70 valence electrons. The largest absolute Gasteiger partial charge is 0.399 e. The van der Waals surface area contributed by atoms with Crippen LogP contribution in [0.3, 0.4) is 0 Å². The minimum Gasteiger partial charge on any atom is -0.399 e. The summed E-state index contributed by atoms with van der Waals surface area (Å²) in [4.78, 5) is 0.